The van der Waals surface area contributed by atoms with E-state index in [-0.39, 0.29) is 0 Å². The number of fused-ring (bicyclic) bond motifs is 6. The summed E-state index contributed by atoms with van der Waals surface area (Å²) in [6.45, 7) is 0.850. The Morgan fingerprint density at radius 3 is 1.56 bits per heavy atom. The lowest BCUT2D eigenvalue weighted by molar-refractivity contribution is 0.975. The number of hydrogen-bond donors (Lipinski definition) is 1. The second kappa shape index (κ2) is 11.5. The molecule has 236 valence electrons. The van der Waals surface area contributed by atoms with Crippen LogP contribution in [0.1, 0.15) is 5.56 Å². The van der Waals surface area contributed by atoms with Crippen molar-refractivity contribution < 1.29 is 0 Å². The third-order valence-corrected chi connectivity index (χ3v) is 10.2. The molecular weight excluding hydrogens is 607 g/mol. The lowest BCUT2D eigenvalue weighted by Gasteiger charge is -2.13. The van der Waals surface area contributed by atoms with Crippen LogP contribution < -0.4 is 5.32 Å². The molecule has 0 bridgehead atoms. The molecule has 7 aromatic carbocycles. The molecule has 1 N–H and O–H groups in total. The molecule has 0 saturated carbocycles. The van der Waals surface area contributed by atoms with E-state index in [0.29, 0.717) is 0 Å². The Balaban J connectivity index is 1.10. The highest BCUT2D eigenvalue weighted by molar-refractivity contribution is 6.12. The molecule has 1 aliphatic heterocycles. The van der Waals surface area contributed by atoms with E-state index >= 15 is 0 Å². The standard InChI is InChI=1S/C47H33N3/c1-2-9-32(10-3-1)33-17-21-38(22-18-33)49-44-15-6-4-13-40(44)42-30-36(19-23-46(42)49)37-20-24-47-43(31-37)41-14-5-7-16-45(41)50(47)39-12-8-11-35(29-39)34-25-27-48-28-26-34/h1-27,29-31,48H,28H2. The topological polar surface area (TPSA) is 21.9 Å². The molecule has 0 atom stereocenters. The summed E-state index contributed by atoms with van der Waals surface area (Å²) in [5, 5.41) is 8.29. The molecule has 0 spiro atoms. The van der Waals surface area contributed by atoms with Gasteiger partial charge in [-0.05, 0) is 106 Å². The molecule has 0 radical (unpaired) electrons. The predicted octanol–water partition coefficient (Wildman–Crippen LogP) is 11.7. The molecule has 0 amide bonds. The van der Waals surface area contributed by atoms with Crippen LogP contribution in [0.5, 0.6) is 0 Å². The van der Waals surface area contributed by atoms with Crippen LogP contribution in [0.25, 0.3) is 82.8 Å². The van der Waals surface area contributed by atoms with Gasteiger partial charge in [-0.15, -0.1) is 0 Å². The fourth-order valence-electron chi connectivity index (χ4n) is 7.79. The summed E-state index contributed by atoms with van der Waals surface area (Å²) in [7, 11) is 0. The number of hydrogen-bond acceptors (Lipinski definition) is 1. The Morgan fingerprint density at radius 2 is 0.920 bits per heavy atom. The Kier molecular flexibility index (Phi) is 6.56. The number of aromatic nitrogens is 2. The first-order chi connectivity index (χ1) is 24.8. The first kappa shape index (κ1) is 28.4. The van der Waals surface area contributed by atoms with Gasteiger partial charge in [0.2, 0.25) is 0 Å². The molecule has 3 heteroatoms. The third-order valence-electron chi connectivity index (χ3n) is 10.2. The molecule has 0 unspecified atom stereocenters. The van der Waals surface area contributed by atoms with Gasteiger partial charge >= 0.3 is 0 Å². The highest BCUT2D eigenvalue weighted by Gasteiger charge is 2.16. The van der Waals surface area contributed by atoms with E-state index < -0.39 is 0 Å². The normalized spacial score (nSPS) is 12.9. The third kappa shape index (κ3) is 4.59. The van der Waals surface area contributed by atoms with Crippen LogP contribution in [-0.4, -0.2) is 15.7 Å². The maximum Gasteiger partial charge on any atom is 0.0541 e. The molecule has 0 fully saturated rings. The summed E-state index contributed by atoms with van der Waals surface area (Å²) in [6, 6.07) is 59.8. The van der Waals surface area contributed by atoms with Crippen molar-refractivity contribution in [3.8, 4) is 33.6 Å². The van der Waals surface area contributed by atoms with Gasteiger partial charge in [0.1, 0.15) is 0 Å². The number of dihydropyridines is 1. The Labute approximate surface area is 290 Å². The molecule has 50 heavy (non-hydrogen) atoms. The van der Waals surface area contributed by atoms with E-state index in [2.05, 4.69) is 190 Å². The van der Waals surface area contributed by atoms with E-state index in [9.17, 15) is 0 Å². The molecule has 0 saturated heterocycles. The number of nitrogens with zero attached hydrogens (tertiary/aromatic N) is 2. The van der Waals surface area contributed by atoms with Crippen molar-refractivity contribution in [1.82, 2.24) is 14.5 Å². The van der Waals surface area contributed by atoms with Crippen LogP contribution >= 0.6 is 0 Å². The number of allylic oxidation sites excluding steroid dienone is 2. The summed E-state index contributed by atoms with van der Waals surface area (Å²) < 4.78 is 4.80. The van der Waals surface area contributed by atoms with Crippen molar-refractivity contribution >= 4 is 49.2 Å². The van der Waals surface area contributed by atoms with Gasteiger partial charge in [-0.2, -0.15) is 0 Å². The van der Waals surface area contributed by atoms with Crippen molar-refractivity contribution in [3.05, 3.63) is 188 Å². The van der Waals surface area contributed by atoms with Gasteiger partial charge in [-0.3, -0.25) is 0 Å². The fraction of sp³-hybridized carbons (Fsp3) is 0.0213. The van der Waals surface area contributed by atoms with Crippen LogP contribution in [0.4, 0.5) is 0 Å². The zero-order valence-corrected chi connectivity index (χ0v) is 27.4. The SMILES string of the molecule is C1=CC(c2cccc(-n3c4ccccc4c4cc(-c5ccc6c(c5)c5ccccc5n6-c5ccc(-c6ccccc6)cc5)ccc43)c2)=CCN1. The Morgan fingerprint density at radius 1 is 0.380 bits per heavy atom. The quantitative estimate of drug-likeness (QED) is 0.199. The largest absolute Gasteiger partial charge is 0.387 e. The maximum atomic E-state index is 3.26. The van der Waals surface area contributed by atoms with Crippen molar-refractivity contribution in [2.45, 2.75) is 0 Å². The molecule has 9 aromatic rings. The van der Waals surface area contributed by atoms with Crippen LogP contribution in [-0.2, 0) is 0 Å². The average molecular weight is 640 g/mol. The van der Waals surface area contributed by atoms with Crippen LogP contribution in [0.3, 0.4) is 0 Å². The smallest absolute Gasteiger partial charge is 0.0541 e. The monoisotopic (exact) mass is 639 g/mol. The fourth-order valence-corrected chi connectivity index (χ4v) is 7.79. The van der Waals surface area contributed by atoms with Crippen molar-refractivity contribution in [2.75, 3.05) is 6.54 Å². The van der Waals surface area contributed by atoms with Crippen LogP contribution in [0, 0.1) is 0 Å². The van der Waals surface area contributed by atoms with Crippen molar-refractivity contribution in [3.63, 3.8) is 0 Å². The van der Waals surface area contributed by atoms with Gasteiger partial charge < -0.3 is 14.5 Å². The maximum absolute atomic E-state index is 3.26. The number of benzene rings is 7. The molecule has 10 rings (SSSR count). The molecule has 0 aliphatic carbocycles. The molecular formula is C47H33N3. The van der Waals surface area contributed by atoms with Crippen molar-refractivity contribution in [2.24, 2.45) is 0 Å². The van der Waals surface area contributed by atoms with Gasteiger partial charge in [0, 0.05) is 39.5 Å². The molecule has 2 aromatic heterocycles. The lowest BCUT2D eigenvalue weighted by Crippen LogP contribution is -2.08. The zero-order valence-electron chi connectivity index (χ0n) is 27.4. The average Bonchev–Trinajstić information content (AvgIpc) is 3.71. The van der Waals surface area contributed by atoms with Gasteiger partial charge in [-0.25, -0.2) is 0 Å². The summed E-state index contributed by atoms with van der Waals surface area (Å²) in [4.78, 5) is 0. The molecule has 3 nitrogen and oxygen atoms in total. The van der Waals surface area contributed by atoms with Crippen LogP contribution in [0.15, 0.2) is 182 Å². The minimum Gasteiger partial charge on any atom is -0.387 e. The van der Waals surface area contributed by atoms with E-state index in [4.69, 9.17) is 0 Å². The van der Waals surface area contributed by atoms with Crippen LogP contribution in [0.2, 0.25) is 0 Å². The second-order valence-corrected chi connectivity index (χ2v) is 13.0. The van der Waals surface area contributed by atoms with Gasteiger partial charge in [0.25, 0.3) is 0 Å². The summed E-state index contributed by atoms with van der Waals surface area (Å²) in [5.74, 6) is 0. The van der Waals surface area contributed by atoms with Crippen molar-refractivity contribution in [1.29, 1.82) is 0 Å². The molecule has 1 aliphatic rings. The highest BCUT2D eigenvalue weighted by atomic mass is 15.0. The number of nitrogens with one attached hydrogen (secondary N) is 1. The first-order valence-electron chi connectivity index (χ1n) is 17.2. The van der Waals surface area contributed by atoms with E-state index in [1.165, 1.54) is 82.7 Å². The van der Waals surface area contributed by atoms with E-state index in [0.717, 1.165) is 12.2 Å². The van der Waals surface area contributed by atoms with E-state index in [1.54, 1.807) is 0 Å². The molecule has 3 heterocycles. The minimum atomic E-state index is 0.850. The first-order valence-corrected chi connectivity index (χ1v) is 17.2. The summed E-state index contributed by atoms with van der Waals surface area (Å²) in [5.41, 5.74) is 14.5. The zero-order chi connectivity index (χ0) is 33.0. The Bertz CT molecular complexity index is 2790. The number of para-hydroxylation sites is 2. The second-order valence-electron chi connectivity index (χ2n) is 13.0. The minimum absolute atomic E-state index is 0.850. The van der Waals surface area contributed by atoms with Gasteiger partial charge in [0.05, 0.1) is 22.1 Å². The summed E-state index contributed by atoms with van der Waals surface area (Å²) in [6.07, 6.45) is 6.42. The van der Waals surface area contributed by atoms with Gasteiger partial charge in [-0.1, -0.05) is 109 Å². The Hall–Kier alpha value is -6.58. The highest BCUT2D eigenvalue weighted by Crippen LogP contribution is 2.38. The van der Waals surface area contributed by atoms with E-state index in [1.807, 2.05) is 6.20 Å². The predicted molar refractivity (Wildman–Crippen MR) is 211 cm³/mol. The van der Waals surface area contributed by atoms with Gasteiger partial charge in [0.15, 0.2) is 0 Å². The summed E-state index contributed by atoms with van der Waals surface area (Å²) >= 11 is 0. The lowest BCUT2D eigenvalue weighted by atomic mass is 10.0. The number of rotatable bonds is 5.